The van der Waals surface area contributed by atoms with E-state index in [1.165, 1.54) is 25.6 Å². The van der Waals surface area contributed by atoms with Gasteiger partial charge in [-0.3, -0.25) is 0 Å². The van der Waals surface area contributed by atoms with Crippen LogP contribution in [0.15, 0.2) is 6.20 Å². The van der Waals surface area contributed by atoms with E-state index >= 15 is 0 Å². The molecule has 1 unspecified atom stereocenters. The highest BCUT2D eigenvalue weighted by atomic mass is 32.1. The predicted octanol–water partition coefficient (Wildman–Crippen LogP) is 1.01. The highest BCUT2D eigenvalue weighted by Crippen LogP contribution is 2.35. The second-order valence-corrected chi connectivity index (χ2v) is 5.15. The second kappa shape index (κ2) is 5.60. The lowest BCUT2D eigenvalue weighted by Gasteiger charge is -2.29. The maximum atomic E-state index is 10.4. The first-order valence-corrected chi connectivity index (χ1v) is 6.38. The van der Waals surface area contributed by atoms with E-state index in [1.54, 1.807) is 13.1 Å². The zero-order chi connectivity index (χ0) is 13.2. The molecule has 6 nitrogen and oxygen atoms in total. The molecule has 1 aliphatic rings. The number of aromatic nitrogens is 1. The molecule has 0 aromatic carbocycles. The van der Waals surface area contributed by atoms with Gasteiger partial charge in [0.1, 0.15) is 10.6 Å². The molecule has 0 amide bonds. The summed E-state index contributed by atoms with van der Waals surface area (Å²) in [5.41, 5.74) is -1.27. The number of hydrogen-bond acceptors (Lipinski definition) is 7. The molecule has 102 valence electrons. The Morgan fingerprint density at radius 3 is 2.61 bits per heavy atom. The minimum Gasteiger partial charge on any atom is -0.379 e. The molecule has 0 saturated carbocycles. The fourth-order valence-electron chi connectivity index (χ4n) is 1.80. The Morgan fingerprint density at radius 1 is 1.44 bits per heavy atom. The lowest BCUT2D eigenvalue weighted by atomic mass is 10.1. The van der Waals surface area contributed by atoms with Gasteiger partial charge in [0.25, 0.3) is 0 Å². The monoisotopic (exact) mass is 275 g/mol. The highest BCUT2D eigenvalue weighted by molar-refractivity contribution is 7.11. The Hall–Kier alpha value is -0.570. The van der Waals surface area contributed by atoms with E-state index in [0.717, 1.165) is 0 Å². The molecule has 1 saturated heterocycles. The van der Waals surface area contributed by atoms with Crippen LogP contribution in [0, 0.1) is 0 Å². The molecule has 0 bridgehead atoms. The van der Waals surface area contributed by atoms with E-state index in [0.29, 0.717) is 23.1 Å². The molecule has 2 heterocycles. The first kappa shape index (κ1) is 13.9. The van der Waals surface area contributed by atoms with Gasteiger partial charge in [0.05, 0.1) is 18.1 Å². The van der Waals surface area contributed by atoms with Crippen molar-refractivity contribution in [3.63, 3.8) is 0 Å². The maximum Gasteiger partial charge on any atom is 0.211 e. The van der Waals surface area contributed by atoms with E-state index in [1.807, 2.05) is 0 Å². The van der Waals surface area contributed by atoms with Crippen LogP contribution in [0.4, 0.5) is 0 Å². The largest absolute Gasteiger partial charge is 0.379 e. The Kier molecular flexibility index (Phi) is 4.31. The van der Waals surface area contributed by atoms with Gasteiger partial charge in [0.15, 0.2) is 6.29 Å². The van der Waals surface area contributed by atoms with Gasteiger partial charge in [-0.1, -0.05) is 0 Å². The first-order valence-electron chi connectivity index (χ1n) is 5.57. The van der Waals surface area contributed by atoms with Crippen molar-refractivity contribution in [2.75, 3.05) is 27.4 Å². The number of ether oxygens (including phenoxy) is 4. The summed E-state index contributed by atoms with van der Waals surface area (Å²) in [6, 6.07) is 0. The summed E-state index contributed by atoms with van der Waals surface area (Å²) < 4.78 is 20.9. The number of methoxy groups -OCH3 is 2. The maximum absolute atomic E-state index is 10.4. The van der Waals surface area contributed by atoms with Crippen molar-refractivity contribution in [2.24, 2.45) is 0 Å². The van der Waals surface area contributed by atoms with Gasteiger partial charge >= 0.3 is 0 Å². The van der Waals surface area contributed by atoms with Crippen LogP contribution in [0.25, 0.3) is 0 Å². The summed E-state index contributed by atoms with van der Waals surface area (Å²) in [5, 5.41) is 11.1. The minimum atomic E-state index is -1.27. The zero-order valence-corrected chi connectivity index (χ0v) is 11.4. The van der Waals surface area contributed by atoms with Gasteiger partial charge < -0.3 is 24.1 Å². The van der Waals surface area contributed by atoms with Crippen molar-refractivity contribution in [2.45, 2.75) is 25.1 Å². The summed E-state index contributed by atoms with van der Waals surface area (Å²) in [6.45, 7) is 2.75. The molecule has 1 aromatic rings. The van der Waals surface area contributed by atoms with E-state index in [-0.39, 0.29) is 0 Å². The van der Waals surface area contributed by atoms with E-state index in [2.05, 4.69) is 4.98 Å². The SMILES string of the molecule is COC(OC)C(C)(O)c1cnc(C2OCCO2)s1. The number of aliphatic hydroxyl groups is 1. The molecular weight excluding hydrogens is 258 g/mol. The highest BCUT2D eigenvalue weighted by Gasteiger charge is 2.37. The summed E-state index contributed by atoms with van der Waals surface area (Å²) in [5.74, 6) is 0. The van der Waals surface area contributed by atoms with Gasteiger partial charge in [-0.25, -0.2) is 4.98 Å². The van der Waals surface area contributed by atoms with E-state index in [4.69, 9.17) is 18.9 Å². The summed E-state index contributed by atoms with van der Waals surface area (Å²) >= 11 is 1.33. The minimum absolute atomic E-state index is 0.428. The Labute approximate surface area is 109 Å². The molecule has 0 aliphatic carbocycles. The van der Waals surface area contributed by atoms with Crippen LogP contribution in [0.1, 0.15) is 23.1 Å². The number of nitrogens with zero attached hydrogens (tertiary/aromatic N) is 1. The number of rotatable bonds is 5. The van der Waals surface area contributed by atoms with E-state index < -0.39 is 18.2 Å². The third-order valence-corrected chi connectivity index (χ3v) is 3.98. The van der Waals surface area contributed by atoms with Crippen LogP contribution in [0.2, 0.25) is 0 Å². The van der Waals surface area contributed by atoms with Gasteiger partial charge in [-0.15, -0.1) is 11.3 Å². The Balaban J connectivity index is 2.17. The summed E-state index contributed by atoms with van der Waals surface area (Å²) in [6.07, 6.45) is 0.412. The Morgan fingerprint density at radius 2 is 2.06 bits per heavy atom. The lowest BCUT2D eigenvalue weighted by molar-refractivity contribution is -0.211. The third-order valence-electron chi connectivity index (χ3n) is 2.73. The summed E-state index contributed by atoms with van der Waals surface area (Å²) in [7, 11) is 2.96. The topological polar surface area (TPSA) is 70.0 Å². The van der Waals surface area contributed by atoms with Gasteiger partial charge in [0.2, 0.25) is 6.29 Å². The quantitative estimate of drug-likeness (QED) is 0.809. The number of thiazole rings is 1. The van der Waals surface area contributed by atoms with Crippen molar-refractivity contribution in [3.05, 3.63) is 16.1 Å². The molecule has 1 aliphatic heterocycles. The molecule has 0 spiro atoms. The van der Waals surface area contributed by atoms with Gasteiger partial charge in [0, 0.05) is 20.4 Å². The molecule has 0 radical (unpaired) electrons. The summed E-state index contributed by atoms with van der Waals surface area (Å²) in [4.78, 5) is 4.86. The smallest absolute Gasteiger partial charge is 0.211 e. The molecular formula is C11H17NO5S. The molecule has 1 atom stereocenters. The molecule has 1 N–H and O–H groups in total. The van der Waals surface area contributed by atoms with Crippen LogP contribution in [-0.2, 0) is 24.5 Å². The van der Waals surface area contributed by atoms with E-state index in [9.17, 15) is 5.11 Å². The normalized spacial score (nSPS) is 20.5. The molecule has 7 heteroatoms. The van der Waals surface area contributed by atoms with Crippen LogP contribution in [-0.4, -0.2) is 43.8 Å². The van der Waals surface area contributed by atoms with Crippen molar-refractivity contribution < 1.29 is 24.1 Å². The van der Waals surface area contributed by atoms with Crippen LogP contribution in [0.3, 0.4) is 0 Å². The standard InChI is InChI=1S/C11H17NO5S/c1-11(13,10(14-2)15-3)7-6-12-8(18-7)9-16-4-5-17-9/h6,9-10,13H,4-5H2,1-3H3. The van der Waals surface area contributed by atoms with Crippen LogP contribution in [0.5, 0.6) is 0 Å². The Bertz CT molecular complexity index is 385. The van der Waals surface area contributed by atoms with Gasteiger partial charge in [-0.05, 0) is 6.92 Å². The lowest BCUT2D eigenvalue weighted by Crippen LogP contribution is -2.38. The molecule has 1 fully saturated rings. The zero-order valence-electron chi connectivity index (χ0n) is 10.6. The fraction of sp³-hybridized carbons (Fsp3) is 0.727. The molecule has 18 heavy (non-hydrogen) atoms. The molecule has 2 rings (SSSR count). The van der Waals surface area contributed by atoms with Crippen molar-refractivity contribution >= 4 is 11.3 Å². The average molecular weight is 275 g/mol. The van der Waals surface area contributed by atoms with Crippen molar-refractivity contribution in [3.8, 4) is 0 Å². The third kappa shape index (κ3) is 2.56. The van der Waals surface area contributed by atoms with Crippen LogP contribution < -0.4 is 0 Å². The number of hydrogen-bond donors (Lipinski definition) is 1. The average Bonchev–Trinajstić information content (AvgIpc) is 3.01. The van der Waals surface area contributed by atoms with Crippen molar-refractivity contribution in [1.29, 1.82) is 0 Å². The fourth-order valence-corrected chi connectivity index (χ4v) is 2.77. The predicted molar refractivity (Wildman–Crippen MR) is 64.1 cm³/mol. The first-order chi connectivity index (χ1) is 8.59. The van der Waals surface area contributed by atoms with Crippen molar-refractivity contribution in [1.82, 2.24) is 4.98 Å². The van der Waals surface area contributed by atoms with Gasteiger partial charge in [-0.2, -0.15) is 0 Å². The second-order valence-electron chi connectivity index (χ2n) is 4.09. The van der Waals surface area contributed by atoms with Crippen LogP contribution >= 0.6 is 11.3 Å². The molecule has 1 aromatic heterocycles.